The molecule has 1 N–H and O–H groups in total. The zero-order valence-electron chi connectivity index (χ0n) is 12.6. The van der Waals surface area contributed by atoms with Crippen LogP contribution in [0.2, 0.25) is 0 Å². The molecule has 1 aliphatic heterocycles. The van der Waals surface area contributed by atoms with Crippen LogP contribution in [0.3, 0.4) is 0 Å². The fourth-order valence-electron chi connectivity index (χ4n) is 3.24. The molecular weight excluding hydrogens is 282 g/mol. The van der Waals surface area contributed by atoms with Crippen molar-refractivity contribution in [1.29, 1.82) is 0 Å². The summed E-state index contributed by atoms with van der Waals surface area (Å²) in [5, 5.41) is 9.15. The zero-order chi connectivity index (χ0) is 15.7. The molecule has 4 atom stereocenters. The summed E-state index contributed by atoms with van der Waals surface area (Å²) < 4.78 is 5.85. The van der Waals surface area contributed by atoms with Crippen molar-refractivity contribution in [3.05, 3.63) is 35.9 Å². The number of carboxylic acids is 1. The van der Waals surface area contributed by atoms with E-state index in [4.69, 9.17) is 9.84 Å². The first-order valence-corrected chi connectivity index (χ1v) is 7.77. The number of benzene rings is 1. The van der Waals surface area contributed by atoms with Crippen LogP contribution < -0.4 is 0 Å². The number of morpholine rings is 1. The minimum atomic E-state index is -0.856. The van der Waals surface area contributed by atoms with Gasteiger partial charge in [0, 0.05) is 0 Å². The Kier molecular flexibility index (Phi) is 4.16. The number of aliphatic carboxylic acids is 1. The van der Waals surface area contributed by atoms with Gasteiger partial charge >= 0.3 is 5.97 Å². The quantitative estimate of drug-likeness (QED) is 0.928. The van der Waals surface area contributed by atoms with Crippen LogP contribution in [-0.4, -0.2) is 41.1 Å². The average molecular weight is 303 g/mol. The molecule has 1 amide bonds. The molecule has 0 spiro atoms. The van der Waals surface area contributed by atoms with Gasteiger partial charge < -0.3 is 14.7 Å². The lowest BCUT2D eigenvalue weighted by atomic mass is 9.72. The fraction of sp³-hybridized carbons (Fsp3) is 0.529. The highest BCUT2D eigenvalue weighted by molar-refractivity contribution is 5.86. The lowest BCUT2D eigenvalue weighted by Gasteiger charge is -2.43. The van der Waals surface area contributed by atoms with Crippen LogP contribution in [0.1, 0.15) is 31.4 Å². The number of carbonyl (C=O) groups excluding carboxylic acids is 1. The standard InChI is InChI=1S/C17H21NO4/c1-11-10-22-15(12-5-3-2-4-6-12)9-18(11)16(19)13-7-8-14(13)17(20)21/h2-6,11,13-15H,7-10H2,1H3,(H,20,21). The third-order valence-corrected chi connectivity index (χ3v) is 4.80. The zero-order valence-corrected chi connectivity index (χ0v) is 12.6. The largest absolute Gasteiger partial charge is 0.481 e. The maximum atomic E-state index is 12.7. The molecule has 118 valence electrons. The van der Waals surface area contributed by atoms with E-state index in [2.05, 4.69) is 0 Å². The van der Waals surface area contributed by atoms with Crippen molar-refractivity contribution >= 4 is 11.9 Å². The highest BCUT2D eigenvalue weighted by Gasteiger charge is 2.45. The van der Waals surface area contributed by atoms with Crippen molar-refractivity contribution in [2.24, 2.45) is 11.8 Å². The van der Waals surface area contributed by atoms with Crippen LogP contribution >= 0.6 is 0 Å². The second-order valence-electron chi connectivity index (χ2n) is 6.20. The summed E-state index contributed by atoms with van der Waals surface area (Å²) in [7, 11) is 0. The summed E-state index contributed by atoms with van der Waals surface area (Å²) in [6, 6.07) is 9.83. The van der Waals surface area contributed by atoms with Crippen LogP contribution in [0.25, 0.3) is 0 Å². The van der Waals surface area contributed by atoms with E-state index < -0.39 is 11.9 Å². The number of amides is 1. The first-order chi connectivity index (χ1) is 10.6. The third kappa shape index (κ3) is 2.73. The van der Waals surface area contributed by atoms with Crippen LogP contribution in [0.15, 0.2) is 30.3 Å². The van der Waals surface area contributed by atoms with Gasteiger partial charge in [-0.25, -0.2) is 0 Å². The molecule has 1 aromatic carbocycles. The number of carbonyl (C=O) groups is 2. The van der Waals surface area contributed by atoms with Gasteiger partial charge in [0.05, 0.1) is 31.0 Å². The molecule has 1 saturated heterocycles. The Morgan fingerprint density at radius 2 is 1.86 bits per heavy atom. The molecule has 0 radical (unpaired) electrons. The van der Waals surface area contributed by atoms with E-state index >= 15 is 0 Å². The molecule has 2 aliphatic rings. The third-order valence-electron chi connectivity index (χ3n) is 4.80. The van der Waals surface area contributed by atoms with Gasteiger partial charge in [-0.05, 0) is 25.3 Å². The number of nitrogens with zero attached hydrogens (tertiary/aromatic N) is 1. The number of carboxylic acid groups (broad SMARTS) is 1. The first kappa shape index (κ1) is 15.0. The van der Waals surface area contributed by atoms with E-state index in [0.717, 1.165) is 5.56 Å². The van der Waals surface area contributed by atoms with Gasteiger partial charge in [-0.15, -0.1) is 0 Å². The van der Waals surface area contributed by atoms with Crippen molar-refractivity contribution in [1.82, 2.24) is 4.90 Å². The van der Waals surface area contributed by atoms with Gasteiger partial charge in [0.1, 0.15) is 6.10 Å². The molecule has 5 nitrogen and oxygen atoms in total. The number of hydrogen-bond acceptors (Lipinski definition) is 3. The molecule has 3 rings (SSSR count). The summed E-state index contributed by atoms with van der Waals surface area (Å²) >= 11 is 0. The summed E-state index contributed by atoms with van der Waals surface area (Å²) in [4.78, 5) is 25.6. The Hall–Kier alpha value is -1.88. The van der Waals surface area contributed by atoms with Crippen molar-refractivity contribution in [3.8, 4) is 0 Å². The highest BCUT2D eigenvalue weighted by Crippen LogP contribution is 2.37. The summed E-state index contributed by atoms with van der Waals surface area (Å²) in [6.45, 7) is 2.93. The first-order valence-electron chi connectivity index (χ1n) is 7.77. The predicted molar refractivity (Wildman–Crippen MR) is 80.2 cm³/mol. The normalized spacial score (nSPS) is 31.4. The van der Waals surface area contributed by atoms with Crippen LogP contribution in [0.4, 0.5) is 0 Å². The SMILES string of the molecule is CC1COC(c2ccccc2)CN1C(=O)C1CCC1C(=O)O. The molecule has 1 aromatic rings. The van der Waals surface area contributed by atoms with Gasteiger partial charge in [0.2, 0.25) is 5.91 Å². The Morgan fingerprint density at radius 3 is 2.45 bits per heavy atom. The number of rotatable bonds is 3. The summed E-state index contributed by atoms with van der Waals surface area (Å²) in [5.74, 6) is -1.77. The molecule has 1 aliphatic carbocycles. The lowest BCUT2D eigenvalue weighted by Crippen LogP contribution is -2.54. The van der Waals surface area contributed by atoms with Crippen molar-refractivity contribution in [2.75, 3.05) is 13.2 Å². The van der Waals surface area contributed by atoms with Gasteiger partial charge in [0.25, 0.3) is 0 Å². The van der Waals surface area contributed by atoms with E-state index in [9.17, 15) is 9.59 Å². The van der Waals surface area contributed by atoms with Crippen LogP contribution in [-0.2, 0) is 14.3 Å². The van der Waals surface area contributed by atoms with Gasteiger partial charge in [-0.2, -0.15) is 0 Å². The number of hydrogen-bond donors (Lipinski definition) is 1. The van der Waals surface area contributed by atoms with Crippen molar-refractivity contribution in [3.63, 3.8) is 0 Å². The molecular formula is C17H21NO4. The Labute approximate surface area is 129 Å². The predicted octanol–water partition coefficient (Wildman–Crippen LogP) is 2.09. The molecule has 5 heteroatoms. The van der Waals surface area contributed by atoms with Crippen LogP contribution in [0.5, 0.6) is 0 Å². The minimum absolute atomic E-state index is 0.0116. The Balaban J connectivity index is 1.72. The Morgan fingerprint density at radius 1 is 1.18 bits per heavy atom. The second kappa shape index (κ2) is 6.08. The molecule has 1 heterocycles. The van der Waals surface area contributed by atoms with Gasteiger partial charge in [-0.1, -0.05) is 30.3 Å². The van der Waals surface area contributed by atoms with Crippen molar-refractivity contribution in [2.45, 2.75) is 31.9 Å². The van der Waals surface area contributed by atoms with Crippen molar-refractivity contribution < 1.29 is 19.4 Å². The molecule has 1 saturated carbocycles. The number of ether oxygens (including phenoxy) is 1. The van der Waals surface area contributed by atoms with E-state index in [0.29, 0.717) is 26.0 Å². The molecule has 0 aromatic heterocycles. The topological polar surface area (TPSA) is 66.8 Å². The fourth-order valence-corrected chi connectivity index (χ4v) is 3.24. The molecule has 4 unspecified atom stereocenters. The highest BCUT2D eigenvalue weighted by atomic mass is 16.5. The molecule has 0 bridgehead atoms. The van der Waals surface area contributed by atoms with Gasteiger partial charge in [0.15, 0.2) is 0 Å². The monoisotopic (exact) mass is 303 g/mol. The molecule has 2 fully saturated rings. The van der Waals surface area contributed by atoms with E-state index in [-0.39, 0.29) is 24.0 Å². The lowest BCUT2D eigenvalue weighted by molar-refractivity contribution is -0.163. The average Bonchev–Trinajstić information content (AvgIpc) is 2.46. The minimum Gasteiger partial charge on any atom is -0.481 e. The smallest absolute Gasteiger partial charge is 0.307 e. The van der Waals surface area contributed by atoms with E-state index in [1.54, 1.807) is 4.90 Å². The Bertz CT molecular complexity index is 559. The maximum Gasteiger partial charge on any atom is 0.307 e. The summed E-state index contributed by atoms with van der Waals surface area (Å²) in [5.41, 5.74) is 1.05. The van der Waals surface area contributed by atoms with Gasteiger partial charge in [-0.3, -0.25) is 9.59 Å². The molecule has 22 heavy (non-hydrogen) atoms. The van der Waals surface area contributed by atoms with E-state index in [1.165, 1.54) is 0 Å². The van der Waals surface area contributed by atoms with E-state index in [1.807, 2.05) is 37.3 Å². The van der Waals surface area contributed by atoms with Crippen LogP contribution in [0, 0.1) is 11.8 Å². The summed E-state index contributed by atoms with van der Waals surface area (Å²) in [6.07, 6.45) is 1.15. The maximum absolute atomic E-state index is 12.7. The second-order valence-corrected chi connectivity index (χ2v) is 6.20.